The van der Waals surface area contributed by atoms with Crippen LogP contribution in [-0.4, -0.2) is 0 Å². The molecule has 1 rings (SSSR count). The van der Waals surface area contributed by atoms with Gasteiger partial charge in [0, 0.05) is 0 Å². The number of benzene rings is 1. The Labute approximate surface area is 110 Å². The zero-order valence-corrected chi connectivity index (χ0v) is 9.47. The van der Waals surface area contributed by atoms with Gasteiger partial charge in [-0.1, -0.05) is 24.3 Å². The Morgan fingerprint density at radius 1 is 1.17 bits per heavy atom. The van der Waals surface area contributed by atoms with Gasteiger partial charge in [0.15, 0.2) is 0 Å². The SMILES string of the molecule is [K+].[O-]c1cccc(C(F)(F)F)c1. The van der Waals surface area contributed by atoms with E-state index in [0.717, 1.165) is 18.2 Å². The van der Waals surface area contributed by atoms with Crippen LogP contribution in [0.4, 0.5) is 13.2 Å². The number of hydrogen-bond acceptors (Lipinski definition) is 1. The zero-order valence-electron chi connectivity index (χ0n) is 6.35. The van der Waals surface area contributed by atoms with Crippen molar-refractivity contribution in [3.05, 3.63) is 29.8 Å². The largest absolute Gasteiger partial charge is 1.00 e. The van der Waals surface area contributed by atoms with Crippen LogP contribution >= 0.6 is 0 Å². The smallest absolute Gasteiger partial charge is 0.872 e. The molecule has 12 heavy (non-hydrogen) atoms. The number of hydrogen-bond donors (Lipinski definition) is 0. The van der Waals surface area contributed by atoms with Gasteiger partial charge in [-0.25, -0.2) is 0 Å². The van der Waals surface area contributed by atoms with Gasteiger partial charge in [0.05, 0.1) is 5.56 Å². The minimum Gasteiger partial charge on any atom is -0.872 e. The van der Waals surface area contributed by atoms with Gasteiger partial charge in [-0.2, -0.15) is 13.2 Å². The zero-order chi connectivity index (χ0) is 8.48. The van der Waals surface area contributed by atoms with Crippen molar-refractivity contribution in [2.45, 2.75) is 6.18 Å². The van der Waals surface area contributed by atoms with Crippen molar-refractivity contribution in [3.63, 3.8) is 0 Å². The summed E-state index contributed by atoms with van der Waals surface area (Å²) < 4.78 is 35.5. The molecule has 60 valence electrons. The predicted molar refractivity (Wildman–Crippen MR) is 30.9 cm³/mol. The molecule has 0 heterocycles. The molecule has 1 nitrogen and oxygen atoms in total. The molecule has 0 spiro atoms. The molecular weight excluding hydrogens is 196 g/mol. The van der Waals surface area contributed by atoms with Gasteiger partial charge in [-0.15, -0.1) is 5.75 Å². The van der Waals surface area contributed by atoms with Crippen LogP contribution < -0.4 is 56.5 Å². The van der Waals surface area contributed by atoms with Crippen LogP contribution in [0.2, 0.25) is 0 Å². The fourth-order valence-electron chi connectivity index (χ4n) is 0.672. The van der Waals surface area contributed by atoms with Crippen molar-refractivity contribution in [1.82, 2.24) is 0 Å². The van der Waals surface area contributed by atoms with Crippen LogP contribution in [0, 0.1) is 0 Å². The van der Waals surface area contributed by atoms with Crippen molar-refractivity contribution < 1.29 is 69.7 Å². The molecule has 1 aromatic rings. The van der Waals surface area contributed by atoms with Crippen LogP contribution in [0.15, 0.2) is 24.3 Å². The molecule has 0 aromatic heterocycles. The van der Waals surface area contributed by atoms with Crippen molar-refractivity contribution in [2.24, 2.45) is 0 Å². The van der Waals surface area contributed by atoms with Gasteiger partial charge < -0.3 is 5.11 Å². The predicted octanol–water partition coefficient (Wildman–Crippen LogP) is -1.22. The summed E-state index contributed by atoms with van der Waals surface area (Å²) in [5, 5.41) is 10.4. The molecule has 5 heteroatoms. The van der Waals surface area contributed by atoms with Crippen LogP contribution in [0.1, 0.15) is 5.56 Å². The first-order valence-corrected chi connectivity index (χ1v) is 2.84. The minimum atomic E-state index is -4.42. The molecule has 0 saturated heterocycles. The second-order valence-corrected chi connectivity index (χ2v) is 2.03. The normalized spacial score (nSPS) is 10.6. The Bertz CT molecular complexity index is 259. The Hall–Kier alpha value is 0.446. The third kappa shape index (κ3) is 3.45. The van der Waals surface area contributed by atoms with Gasteiger partial charge in [0.25, 0.3) is 0 Å². The molecule has 0 aliphatic carbocycles. The molecule has 0 atom stereocenters. The summed E-state index contributed by atoms with van der Waals surface area (Å²) in [6.07, 6.45) is -4.42. The quantitative estimate of drug-likeness (QED) is 0.482. The fraction of sp³-hybridized carbons (Fsp3) is 0.143. The summed E-state index contributed by atoms with van der Waals surface area (Å²) in [6, 6.07) is 3.60. The first-order chi connectivity index (χ1) is 5.00. The molecule has 0 amide bonds. The average molecular weight is 200 g/mol. The van der Waals surface area contributed by atoms with Gasteiger partial charge >= 0.3 is 57.6 Å². The maximum atomic E-state index is 11.8. The standard InChI is InChI=1S/C7H5F3O.K/c8-7(9,10)5-2-1-3-6(11)4-5;/h1-4,11H;/q;+1/p-1. The molecule has 0 unspecified atom stereocenters. The summed E-state index contributed by atoms with van der Waals surface area (Å²) in [6.45, 7) is 0. The fourth-order valence-corrected chi connectivity index (χ4v) is 0.672. The monoisotopic (exact) mass is 200 g/mol. The van der Waals surface area contributed by atoms with Gasteiger partial charge in [0.1, 0.15) is 0 Å². The van der Waals surface area contributed by atoms with Crippen molar-refractivity contribution in [3.8, 4) is 5.75 Å². The molecule has 0 aliphatic rings. The van der Waals surface area contributed by atoms with Crippen molar-refractivity contribution >= 4 is 0 Å². The van der Waals surface area contributed by atoms with Crippen molar-refractivity contribution in [1.29, 1.82) is 0 Å². The maximum absolute atomic E-state index is 11.8. The first kappa shape index (κ1) is 12.4. The maximum Gasteiger partial charge on any atom is 1.00 e. The van der Waals surface area contributed by atoms with E-state index in [4.69, 9.17) is 0 Å². The average Bonchev–Trinajstić information content (AvgIpc) is 1.86. The molecule has 0 fully saturated rings. The van der Waals surface area contributed by atoms with E-state index in [1.807, 2.05) is 0 Å². The van der Waals surface area contributed by atoms with Crippen LogP contribution in [0.3, 0.4) is 0 Å². The third-order valence-electron chi connectivity index (χ3n) is 1.16. The molecule has 0 saturated carbocycles. The summed E-state index contributed by atoms with van der Waals surface area (Å²) in [7, 11) is 0. The Morgan fingerprint density at radius 2 is 1.75 bits per heavy atom. The second kappa shape index (κ2) is 4.62. The van der Waals surface area contributed by atoms with Gasteiger partial charge in [-0.05, 0) is 0 Å². The summed E-state index contributed by atoms with van der Waals surface area (Å²) in [5.41, 5.74) is -0.898. The molecule has 1 aromatic carbocycles. The van der Waals surface area contributed by atoms with E-state index in [0.29, 0.717) is 6.07 Å². The number of alkyl halides is 3. The molecule has 0 radical (unpaired) electrons. The van der Waals surface area contributed by atoms with E-state index in [1.165, 1.54) is 0 Å². The molecular formula is C7H4F3KO. The van der Waals surface area contributed by atoms with Crippen molar-refractivity contribution in [2.75, 3.05) is 0 Å². The van der Waals surface area contributed by atoms with E-state index in [-0.39, 0.29) is 51.4 Å². The van der Waals surface area contributed by atoms with Gasteiger partial charge in [0.2, 0.25) is 0 Å². The summed E-state index contributed by atoms with van der Waals surface area (Å²) in [5.74, 6) is -0.625. The first-order valence-electron chi connectivity index (χ1n) is 2.84. The Morgan fingerprint density at radius 3 is 2.08 bits per heavy atom. The van der Waals surface area contributed by atoms with Crippen LogP contribution in [-0.2, 0) is 6.18 Å². The van der Waals surface area contributed by atoms with Crippen LogP contribution in [0.25, 0.3) is 0 Å². The molecule has 0 aliphatic heterocycles. The third-order valence-corrected chi connectivity index (χ3v) is 1.16. The van der Waals surface area contributed by atoms with E-state index in [2.05, 4.69) is 0 Å². The van der Waals surface area contributed by atoms with E-state index in [9.17, 15) is 18.3 Å². The van der Waals surface area contributed by atoms with E-state index in [1.54, 1.807) is 0 Å². The topological polar surface area (TPSA) is 23.1 Å². The van der Waals surface area contributed by atoms with Crippen LogP contribution in [0.5, 0.6) is 5.75 Å². The second-order valence-electron chi connectivity index (χ2n) is 2.03. The Kier molecular flexibility index (Phi) is 4.79. The van der Waals surface area contributed by atoms with E-state index < -0.39 is 17.5 Å². The Balaban J connectivity index is 0.00000121. The van der Waals surface area contributed by atoms with Gasteiger partial charge in [-0.3, -0.25) is 0 Å². The summed E-state index contributed by atoms with van der Waals surface area (Å²) in [4.78, 5) is 0. The van der Waals surface area contributed by atoms with E-state index >= 15 is 0 Å². The molecule has 0 N–H and O–H groups in total. The number of halogens is 3. The minimum absolute atomic E-state index is 0. The number of rotatable bonds is 0. The molecule has 0 bridgehead atoms. The summed E-state index contributed by atoms with van der Waals surface area (Å²) >= 11 is 0.